The Labute approximate surface area is 204 Å². The molecule has 0 saturated carbocycles. The van der Waals surface area contributed by atoms with Crippen LogP contribution in [0.5, 0.6) is 0 Å². The van der Waals surface area contributed by atoms with Gasteiger partial charge in [-0.15, -0.1) is 0 Å². The topological polar surface area (TPSA) is 103 Å². The first-order chi connectivity index (χ1) is 16.3. The lowest BCUT2D eigenvalue weighted by Gasteiger charge is -2.07. The predicted molar refractivity (Wildman–Crippen MR) is 131 cm³/mol. The molecule has 34 heavy (non-hydrogen) atoms. The van der Waals surface area contributed by atoms with E-state index in [0.29, 0.717) is 38.4 Å². The molecule has 2 aromatic heterocycles. The van der Waals surface area contributed by atoms with Gasteiger partial charge in [-0.25, -0.2) is 9.78 Å². The SMILES string of the molecule is CC(C)Cc1nn2c(=O)cc(COC(=O)c3ccc(NC(=O)c4ccc(Cl)cc4)cc3)nc2s1. The lowest BCUT2D eigenvalue weighted by molar-refractivity contribution is 0.0467. The summed E-state index contributed by atoms with van der Waals surface area (Å²) in [6.07, 6.45) is 0.758. The van der Waals surface area contributed by atoms with Crippen LogP contribution in [0.4, 0.5) is 5.69 Å². The first kappa shape index (κ1) is 23.6. The lowest BCUT2D eigenvalue weighted by Crippen LogP contribution is -2.17. The fraction of sp³-hybridized carbons (Fsp3) is 0.208. The average molecular weight is 497 g/mol. The molecule has 10 heteroatoms. The quantitative estimate of drug-likeness (QED) is 0.375. The van der Waals surface area contributed by atoms with Gasteiger partial charge in [-0.05, 0) is 54.4 Å². The number of carbonyl (C=O) groups excluding carboxylic acids is 2. The third-order valence-corrected chi connectivity index (χ3v) is 5.94. The van der Waals surface area contributed by atoms with Crippen LogP contribution in [0.3, 0.4) is 0 Å². The Morgan fingerprint density at radius 3 is 2.44 bits per heavy atom. The maximum absolute atomic E-state index is 12.4. The number of esters is 1. The van der Waals surface area contributed by atoms with E-state index in [1.54, 1.807) is 48.5 Å². The summed E-state index contributed by atoms with van der Waals surface area (Å²) in [7, 11) is 0. The zero-order valence-corrected chi connectivity index (χ0v) is 20.0. The van der Waals surface area contributed by atoms with Gasteiger partial charge >= 0.3 is 5.97 Å². The minimum atomic E-state index is -0.567. The second-order valence-corrected chi connectivity index (χ2v) is 9.47. The summed E-state index contributed by atoms with van der Waals surface area (Å²) in [5, 5.41) is 8.43. The average Bonchev–Trinajstić information content (AvgIpc) is 3.20. The molecule has 1 N–H and O–H groups in total. The van der Waals surface area contributed by atoms with Crippen molar-refractivity contribution in [2.45, 2.75) is 26.9 Å². The van der Waals surface area contributed by atoms with E-state index < -0.39 is 5.97 Å². The van der Waals surface area contributed by atoms with Crippen molar-refractivity contribution in [3.8, 4) is 0 Å². The zero-order chi connectivity index (χ0) is 24.2. The number of nitrogens with zero attached hydrogens (tertiary/aromatic N) is 3. The van der Waals surface area contributed by atoms with Gasteiger partial charge in [0.15, 0.2) is 0 Å². The Morgan fingerprint density at radius 2 is 1.76 bits per heavy atom. The summed E-state index contributed by atoms with van der Waals surface area (Å²) in [6, 6.07) is 14.1. The number of hydrogen-bond acceptors (Lipinski definition) is 7. The first-order valence-electron chi connectivity index (χ1n) is 10.5. The molecule has 174 valence electrons. The summed E-state index contributed by atoms with van der Waals surface area (Å²) >= 11 is 7.19. The molecule has 0 unspecified atom stereocenters. The summed E-state index contributed by atoms with van der Waals surface area (Å²) < 4.78 is 6.59. The van der Waals surface area contributed by atoms with Gasteiger partial charge in [-0.1, -0.05) is 36.8 Å². The fourth-order valence-electron chi connectivity index (χ4n) is 3.12. The highest BCUT2D eigenvalue weighted by atomic mass is 35.5. The van der Waals surface area contributed by atoms with E-state index in [2.05, 4.69) is 29.2 Å². The van der Waals surface area contributed by atoms with E-state index in [4.69, 9.17) is 16.3 Å². The molecule has 4 aromatic rings. The van der Waals surface area contributed by atoms with Crippen LogP contribution in [-0.2, 0) is 17.8 Å². The van der Waals surface area contributed by atoms with Gasteiger partial charge < -0.3 is 10.1 Å². The molecular formula is C24H21ClN4O4S. The summed E-state index contributed by atoms with van der Waals surface area (Å²) in [6.45, 7) is 4.01. The summed E-state index contributed by atoms with van der Waals surface area (Å²) in [5.41, 5.74) is 1.33. The Morgan fingerprint density at radius 1 is 1.09 bits per heavy atom. The second kappa shape index (κ2) is 10.1. The number of amides is 1. The van der Waals surface area contributed by atoms with E-state index in [9.17, 15) is 14.4 Å². The van der Waals surface area contributed by atoms with E-state index in [1.807, 2.05) is 0 Å². The maximum atomic E-state index is 12.4. The van der Waals surface area contributed by atoms with Crippen molar-refractivity contribution in [2.24, 2.45) is 5.92 Å². The van der Waals surface area contributed by atoms with Crippen LogP contribution in [0.2, 0.25) is 5.02 Å². The van der Waals surface area contributed by atoms with E-state index in [-0.39, 0.29) is 18.1 Å². The Kier molecular flexibility index (Phi) is 7.04. The molecule has 2 aromatic carbocycles. The molecule has 0 radical (unpaired) electrons. The van der Waals surface area contributed by atoms with Crippen molar-refractivity contribution in [2.75, 3.05) is 5.32 Å². The minimum absolute atomic E-state index is 0.142. The molecular weight excluding hydrogens is 476 g/mol. The largest absolute Gasteiger partial charge is 0.456 e. The van der Waals surface area contributed by atoms with Gasteiger partial charge in [0, 0.05) is 28.8 Å². The molecule has 1 amide bonds. The molecule has 4 rings (SSSR count). The molecule has 0 bridgehead atoms. The van der Waals surface area contributed by atoms with Crippen LogP contribution in [0.15, 0.2) is 59.4 Å². The predicted octanol–water partition coefficient (Wildman–Crippen LogP) is 4.61. The van der Waals surface area contributed by atoms with Crippen LogP contribution < -0.4 is 10.9 Å². The van der Waals surface area contributed by atoms with Crippen molar-refractivity contribution in [3.05, 3.63) is 91.8 Å². The second-order valence-electron chi connectivity index (χ2n) is 7.99. The van der Waals surface area contributed by atoms with E-state index in [0.717, 1.165) is 11.4 Å². The highest BCUT2D eigenvalue weighted by Gasteiger charge is 2.13. The maximum Gasteiger partial charge on any atom is 0.338 e. The molecule has 0 atom stereocenters. The smallest absolute Gasteiger partial charge is 0.338 e. The summed E-state index contributed by atoms with van der Waals surface area (Å²) in [4.78, 5) is 41.9. The highest BCUT2D eigenvalue weighted by Crippen LogP contribution is 2.17. The van der Waals surface area contributed by atoms with Crippen LogP contribution in [-0.4, -0.2) is 26.5 Å². The number of ether oxygens (including phenoxy) is 1. The first-order valence-corrected chi connectivity index (χ1v) is 11.7. The minimum Gasteiger partial charge on any atom is -0.456 e. The standard InChI is InChI=1S/C24H21ClN4O4S/c1-14(2)11-20-28-29-21(30)12-19(27-24(29)34-20)13-33-23(32)16-5-9-18(10-6-16)26-22(31)15-3-7-17(25)8-4-15/h3-10,12,14H,11,13H2,1-2H3,(H,26,31). The number of carbonyl (C=O) groups is 2. The third kappa shape index (κ3) is 5.67. The van der Waals surface area contributed by atoms with Crippen molar-refractivity contribution < 1.29 is 14.3 Å². The third-order valence-electron chi connectivity index (χ3n) is 4.76. The molecule has 0 fully saturated rings. The number of nitrogens with one attached hydrogen (secondary N) is 1. The van der Waals surface area contributed by atoms with Gasteiger partial charge in [-0.3, -0.25) is 9.59 Å². The summed E-state index contributed by atoms with van der Waals surface area (Å²) in [5.74, 6) is -0.449. The Bertz CT molecular complexity index is 1400. The molecule has 8 nitrogen and oxygen atoms in total. The van der Waals surface area contributed by atoms with Crippen LogP contribution in [0.1, 0.15) is 45.3 Å². The zero-order valence-electron chi connectivity index (χ0n) is 18.4. The number of hydrogen-bond donors (Lipinski definition) is 1. The van der Waals surface area contributed by atoms with Crippen molar-refractivity contribution in [1.82, 2.24) is 14.6 Å². The number of aromatic nitrogens is 3. The molecule has 0 aliphatic rings. The normalized spacial score (nSPS) is 11.1. The number of halogens is 1. The number of rotatable bonds is 7. The lowest BCUT2D eigenvalue weighted by atomic mass is 10.1. The highest BCUT2D eigenvalue weighted by molar-refractivity contribution is 7.16. The molecule has 0 spiro atoms. The Hall–Kier alpha value is -3.56. The van der Waals surface area contributed by atoms with Crippen LogP contribution in [0, 0.1) is 5.92 Å². The van der Waals surface area contributed by atoms with Gasteiger partial charge in [0.1, 0.15) is 11.6 Å². The monoisotopic (exact) mass is 496 g/mol. The van der Waals surface area contributed by atoms with Gasteiger partial charge in [-0.2, -0.15) is 9.61 Å². The van der Waals surface area contributed by atoms with Crippen LogP contribution >= 0.6 is 22.9 Å². The number of anilines is 1. The molecule has 2 heterocycles. The molecule has 0 aliphatic carbocycles. The Balaban J connectivity index is 1.38. The number of benzene rings is 2. The van der Waals surface area contributed by atoms with Gasteiger partial charge in [0.25, 0.3) is 11.5 Å². The molecule has 0 saturated heterocycles. The fourth-order valence-corrected chi connectivity index (χ4v) is 4.37. The van der Waals surface area contributed by atoms with Crippen molar-refractivity contribution in [3.63, 3.8) is 0 Å². The van der Waals surface area contributed by atoms with Crippen LogP contribution in [0.25, 0.3) is 4.96 Å². The van der Waals surface area contributed by atoms with Crippen molar-refractivity contribution >= 4 is 45.5 Å². The molecule has 0 aliphatic heterocycles. The number of fused-ring (bicyclic) bond motifs is 1. The van der Waals surface area contributed by atoms with E-state index >= 15 is 0 Å². The van der Waals surface area contributed by atoms with Gasteiger partial charge in [0.05, 0.1) is 11.3 Å². The van der Waals surface area contributed by atoms with E-state index in [1.165, 1.54) is 21.9 Å². The van der Waals surface area contributed by atoms with Gasteiger partial charge in [0.2, 0.25) is 4.96 Å². The van der Waals surface area contributed by atoms with Crippen molar-refractivity contribution in [1.29, 1.82) is 0 Å².